The van der Waals surface area contributed by atoms with Gasteiger partial charge in [0.25, 0.3) is 10.0 Å². The third-order valence-corrected chi connectivity index (χ3v) is 6.95. The molecule has 0 aliphatic rings. The molecule has 2 aromatic rings. The number of rotatable bonds is 6. The Morgan fingerprint density at radius 3 is 2.52 bits per heavy atom. The maximum Gasteiger partial charge on any atom is 0.278 e. The van der Waals surface area contributed by atoms with E-state index >= 15 is 0 Å². The van der Waals surface area contributed by atoms with E-state index in [0.29, 0.717) is 5.06 Å². The highest BCUT2D eigenvalue weighted by Gasteiger charge is 2.19. The van der Waals surface area contributed by atoms with Crippen LogP contribution in [0.15, 0.2) is 44.5 Å². The summed E-state index contributed by atoms with van der Waals surface area (Å²) in [4.78, 5) is 0.213. The van der Waals surface area contributed by atoms with Gasteiger partial charge in [0.05, 0.1) is 22.4 Å². The number of hydrazone groups is 1. The molecule has 0 N–H and O–H groups in total. The average Bonchev–Trinajstić information content (AvgIpc) is 2.95. The first kappa shape index (κ1) is 17.8. The number of aryl methyl sites for hydroxylation is 1. The molecular formula is C15H18N2O3S3. The summed E-state index contributed by atoms with van der Waals surface area (Å²) in [6.07, 6.45) is 3.47. The lowest BCUT2D eigenvalue weighted by atomic mass is 10.2. The van der Waals surface area contributed by atoms with Crippen LogP contribution in [0.3, 0.4) is 0 Å². The van der Waals surface area contributed by atoms with E-state index in [9.17, 15) is 8.42 Å². The molecule has 5 nitrogen and oxygen atoms in total. The fourth-order valence-corrected chi connectivity index (χ4v) is 4.23. The lowest BCUT2D eigenvalue weighted by Gasteiger charge is -2.13. The maximum absolute atomic E-state index is 12.5. The fraction of sp³-hybridized carbons (Fsp3) is 0.267. The van der Waals surface area contributed by atoms with Crippen LogP contribution in [0.5, 0.6) is 5.06 Å². The zero-order valence-corrected chi connectivity index (χ0v) is 15.8. The highest BCUT2D eigenvalue weighted by atomic mass is 32.2. The molecule has 124 valence electrons. The quantitative estimate of drug-likeness (QED) is 0.444. The van der Waals surface area contributed by atoms with Crippen molar-refractivity contribution in [3.05, 3.63) is 41.5 Å². The summed E-state index contributed by atoms with van der Waals surface area (Å²) in [5, 5.41) is 4.77. The Kier molecular flexibility index (Phi) is 5.72. The van der Waals surface area contributed by atoms with Crippen molar-refractivity contribution in [2.75, 3.05) is 20.4 Å². The first-order chi connectivity index (χ1) is 10.9. The van der Waals surface area contributed by atoms with Crippen LogP contribution in [0.25, 0.3) is 0 Å². The molecule has 1 heterocycles. The smallest absolute Gasteiger partial charge is 0.278 e. The van der Waals surface area contributed by atoms with E-state index in [4.69, 9.17) is 4.74 Å². The summed E-state index contributed by atoms with van der Waals surface area (Å²) in [6.45, 7) is 1.91. The first-order valence-electron chi connectivity index (χ1n) is 6.70. The van der Waals surface area contributed by atoms with Crippen molar-refractivity contribution in [3.63, 3.8) is 0 Å². The topological polar surface area (TPSA) is 59.0 Å². The van der Waals surface area contributed by atoms with E-state index in [1.54, 1.807) is 43.1 Å². The Balaban J connectivity index is 2.25. The maximum atomic E-state index is 12.5. The number of nitrogens with zero attached hydrogens (tertiary/aromatic N) is 2. The van der Waals surface area contributed by atoms with Crippen molar-refractivity contribution in [1.29, 1.82) is 0 Å². The molecule has 0 unspecified atom stereocenters. The number of methoxy groups -OCH3 is 1. The normalized spacial score (nSPS) is 11.8. The van der Waals surface area contributed by atoms with Crippen LogP contribution in [-0.4, -0.2) is 39.5 Å². The number of thioether (sulfide) groups is 1. The Labute approximate surface area is 145 Å². The monoisotopic (exact) mass is 370 g/mol. The second kappa shape index (κ2) is 7.37. The summed E-state index contributed by atoms with van der Waals surface area (Å²) in [7, 11) is -0.651. The molecule has 0 saturated heterocycles. The molecule has 2 rings (SSSR count). The molecule has 0 amide bonds. The molecule has 0 aliphatic carbocycles. The van der Waals surface area contributed by atoms with Gasteiger partial charge in [0.15, 0.2) is 5.06 Å². The van der Waals surface area contributed by atoms with Gasteiger partial charge in [-0.05, 0) is 31.4 Å². The van der Waals surface area contributed by atoms with Crippen molar-refractivity contribution in [2.45, 2.75) is 16.0 Å². The Morgan fingerprint density at radius 1 is 1.30 bits per heavy atom. The summed E-state index contributed by atoms with van der Waals surface area (Å²) < 4.78 is 32.3. The zero-order valence-electron chi connectivity index (χ0n) is 13.3. The van der Waals surface area contributed by atoms with Gasteiger partial charge >= 0.3 is 0 Å². The van der Waals surface area contributed by atoms with Gasteiger partial charge in [-0.1, -0.05) is 29.0 Å². The van der Waals surface area contributed by atoms with Gasteiger partial charge in [-0.2, -0.15) is 17.9 Å². The number of sulfonamides is 1. The van der Waals surface area contributed by atoms with Gasteiger partial charge in [0.2, 0.25) is 0 Å². The van der Waals surface area contributed by atoms with Gasteiger partial charge in [-0.3, -0.25) is 0 Å². The van der Waals surface area contributed by atoms with Gasteiger partial charge in [0, 0.05) is 12.6 Å². The molecule has 0 radical (unpaired) electrons. The number of hydrogen-bond acceptors (Lipinski definition) is 6. The van der Waals surface area contributed by atoms with Crippen LogP contribution in [0.1, 0.15) is 11.1 Å². The summed E-state index contributed by atoms with van der Waals surface area (Å²) >= 11 is 3.10. The first-order valence-corrected chi connectivity index (χ1v) is 10.2. The van der Waals surface area contributed by atoms with Crippen molar-refractivity contribution in [3.8, 4) is 5.06 Å². The number of hydrogen-bond donors (Lipinski definition) is 0. The molecular weight excluding hydrogens is 352 g/mol. The zero-order chi connectivity index (χ0) is 17.0. The molecule has 23 heavy (non-hydrogen) atoms. The molecule has 0 fully saturated rings. The summed E-state index contributed by atoms with van der Waals surface area (Å²) in [5.41, 5.74) is 1.76. The second-order valence-corrected chi connectivity index (χ2v) is 8.78. The predicted octanol–water partition coefficient (Wildman–Crippen LogP) is 3.44. The minimum Gasteiger partial charge on any atom is -0.487 e. The highest BCUT2D eigenvalue weighted by molar-refractivity contribution is 8.00. The van der Waals surface area contributed by atoms with E-state index in [2.05, 4.69) is 5.10 Å². The lowest BCUT2D eigenvalue weighted by Crippen LogP contribution is -2.21. The Hall–Kier alpha value is -1.51. The molecule has 0 aliphatic heterocycles. The third-order valence-electron chi connectivity index (χ3n) is 3.12. The Morgan fingerprint density at radius 2 is 1.96 bits per heavy atom. The number of benzene rings is 1. The van der Waals surface area contributed by atoms with E-state index in [-0.39, 0.29) is 4.90 Å². The molecule has 0 spiro atoms. The van der Waals surface area contributed by atoms with Crippen LogP contribution in [0.4, 0.5) is 0 Å². The molecule has 0 saturated carbocycles. The van der Waals surface area contributed by atoms with Gasteiger partial charge in [-0.15, -0.1) is 11.8 Å². The van der Waals surface area contributed by atoms with Gasteiger partial charge in [0.1, 0.15) is 0 Å². The molecule has 0 atom stereocenters. The van der Waals surface area contributed by atoms with Crippen molar-refractivity contribution < 1.29 is 13.2 Å². The van der Waals surface area contributed by atoms with Crippen LogP contribution in [-0.2, 0) is 10.0 Å². The fourth-order valence-electron chi connectivity index (χ4n) is 1.78. The van der Waals surface area contributed by atoms with Gasteiger partial charge in [-0.25, -0.2) is 0 Å². The largest absolute Gasteiger partial charge is 0.487 e. The SMILES string of the molecule is COc1sc(SC)cc1/C=N/N(C)S(=O)(=O)c1ccc(C)cc1. The second-order valence-electron chi connectivity index (χ2n) is 4.71. The van der Waals surface area contributed by atoms with Crippen LogP contribution in [0.2, 0.25) is 0 Å². The third kappa shape index (κ3) is 4.07. The van der Waals surface area contributed by atoms with E-state index < -0.39 is 10.0 Å². The van der Waals surface area contributed by atoms with E-state index in [0.717, 1.165) is 19.8 Å². The average molecular weight is 371 g/mol. The predicted molar refractivity (Wildman–Crippen MR) is 96.4 cm³/mol. The van der Waals surface area contributed by atoms with Crippen molar-refractivity contribution in [2.24, 2.45) is 5.10 Å². The molecule has 0 bridgehead atoms. The van der Waals surface area contributed by atoms with Crippen LogP contribution < -0.4 is 4.74 Å². The standard InChI is InChI=1S/C15H18N2O3S3/c1-11-5-7-13(8-6-11)23(18,19)17(2)16-10-12-9-14(21-4)22-15(12)20-3/h5-10H,1-4H3/b16-10+. The highest BCUT2D eigenvalue weighted by Crippen LogP contribution is 2.34. The molecule has 8 heteroatoms. The lowest BCUT2D eigenvalue weighted by molar-refractivity contribution is 0.426. The van der Waals surface area contributed by atoms with E-state index in [1.807, 2.05) is 19.2 Å². The number of thiophene rings is 1. The van der Waals surface area contributed by atoms with Crippen LogP contribution in [0, 0.1) is 6.92 Å². The molecule has 1 aromatic carbocycles. The Bertz CT molecular complexity index is 796. The van der Waals surface area contributed by atoms with Gasteiger partial charge < -0.3 is 4.74 Å². The van der Waals surface area contributed by atoms with Crippen LogP contribution >= 0.6 is 23.1 Å². The number of ether oxygens (including phenoxy) is 1. The van der Waals surface area contributed by atoms with Crippen molar-refractivity contribution >= 4 is 39.3 Å². The van der Waals surface area contributed by atoms with E-state index in [1.165, 1.54) is 24.6 Å². The summed E-state index contributed by atoms with van der Waals surface area (Å²) in [6, 6.07) is 8.60. The minimum absolute atomic E-state index is 0.213. The summed E-state index contributed by atoms with van der Waals surface area (Å²) in [5.74, 6) is 0. The van der Waals surface area contributed by atoms with Crippen molar-refractivity contribution in [1.82, 2.24) is 4.41 Å². The minimum atomic E-state index is -3.65. The molecule has 1 aromatic heterocycles.